The molecule has 2 unspecified atom stereocenters. The third kappa shape index (κ3) is 5.47. The van der Waals surface area contributed by atoms with Gasteiger partial charge in [0.25, 0.3) is 5.97 Å². The molecule has 0 aromatic carbocycles. The molecule has 7 N–H and O–H groups in total. The zero-order chi connectivity index (χ0) is 20.3. The van der Waals surface area contributed by atoms with E-state index in [9.17, 15) is 29.9 Å². The van der Waals surface area contributed by atoms with Crippen molar-refractivity contribution in [1.82, 2.24) is 9.55 Å². The summed E-state index contributed by atoms with van der Waals surface area (Å²) in [5.41, 5.74) is 3.95. The Hall–Kier alpha value is -0.620. The van der Waals surface area contributed by atoms with Gasteiger partial charge in [-0.3, -0.25) is 4.79 Å². The molecule has 154 valence electrons. The van der Waals surface area contributed by atoms with Crippen LogP contribution in [0.15, 0.2) is 18.7 Å². The number of hydrogen-bond acceptors (Lipinski definition) is 11. The fraction of sp³-hybridized carbons (Fsp3) is 0.692. The van der Waals surface area contributed by atoms with Gasteiger partial charge in [0.05, 0.1) is 12.9 Å². The molecule has 0 aliphatic heterocycles. The van der Waals surface area contributed by atoms with Gasteiger partial charge < -0.3 is 30.1 Å². The lowest BCUT2D eigenvalue weighted by molar-refractivity contribution is -0.312. The summed E-state index contributed by atoms with van der Waals surface area (Å²) in [6.07, 6.45) is 5.34. The highest BCUT2D eigenvalue weighted by Crippen LogP contribution is 2.70. The molecule has 0 spiro atoms. The van der Waals surface area contributed by atoms with Gasteiger partial charge in [-0.2, -0.15) is 14.7 Å². The summed E-state index contributed by atoms with van der Waals surface area (Å²) in [4.78, 5) is 41.6. The van der Waals surface area contributed by atoms with Crippen LogP contribution < -0.4 is 5.73 Å². The summed E-state index contributed by atoms with van der Waals surface area (Å²) in [7, 11) is -6.00. The van der Waals surface area contributed by atoms with Gasteiger partial charge in [0.2, 0.25) is 0 Å². The van der Waals surface area contributed by atoms with Crippen molar-refractivity contribution in [1.29, 1.82) is 0 Å². The van der Waals surface area contributed by atoms with Crippen LogP contribution in [0.2, 0.25) is 0 Å². The fourth-order valence-electron chi connectivity index (χ4n) is 2.27. The topological polar surface area (TPSA) is 190 Å². The first kappa shape index (κ1) is 22.7. The second-order valence-corrected chi connectivity index (χ2v) is 10.00. The molecule has 2 atom stereocenters. The molecule has 0 radical (unpaired) electrons. The first-order chi connectivity index (χ1) is 12.4. The van der Waals surface area contributed by atoms with Gasteiger partial charge >= 0.3 is 13.0 Å². The summed E-state index contributed by atoms with van der Waals surface area (Å²) >= 11 is 0. The maximum absolute atomic E-state index is 12.0. The molecule has 1 aromatic rings. The Labute approximate surface area is 157 Å². The molecule has 2 rings (SSSR count). The third-order valence-corrected chi connectivity index (χ3v) is 7.52. The van der Waals surface area contributed by atoms with E-state index in [4.69, 9.17) is 19.8 Å². The molecule has 1 heterocycles. The second-order valence-electron chi connectivity index (χ2n) is 6.37. The van der Waals surface area contributed by atoms with Crippen LogP contribution in [0.5, 0.6) is 0 Å². The minimum absolute atomic E-state index is 0.285. The zero-order valence-corrected chi connectivity index (χ0v) is 16.5. The predicted molar refractivity (Wildman–Crippen MR) is 93.6 cm³/mol. The number of aliphatic hydroxyl groups is 3. The molecule has 1 fully saturated rings. The summed E-state index contributed by atoms with van der Waals surface area (Å²) in [6.45, 7) is 0.0971. The van der Waals surface area contributed by atoms with E-state index in [0.717, 1.165) is 6.92 Å². The van der Waals surface area contributed by atoms with Crippen molar-refractivity contribution in [3.63, 3.8) is 0 Å². The van der Waals surface area contributed by atoms with E-state index in [1.54, 1.807) is 0 Å². The number of hydrogen-bond donors (Lipinski definition) is 6. The van der Waals surface area contributed by atoms with E-state index in [1.165, 1.54) is 23.3 Å². The number of carbonyl (C=O) groups is 1. The molecule has 0 saturated heterocycles. The highest BCUT2D eigenvalue weighted by atomic mass is 31.2. The number of nitrogens with two attached hydrogens (primary N) is 1. The van der Waals surface area contributed by atoms with Crippen molar-refractivity contribution in [2.45, 2.75) is 49.4 Å². The molecule has 0 amide bonds. The zero-order valence-electron chi connectivity index (χ0n) is 14.6. The number of Topliss-reactive ketones (excluding diaryl/α,β-unsaturated/α-hetero) is 1. The van der Waals surface area contributed by atoms with Crippen LogP contribution in [0.1, 0.15) is 26.2 Å². The van der Waals surface area contributed by atoms with Crippen LogP contribution in [0.25, 0.3) is 0 Å². The van der Waals surface area contributed by atoms with E-state index in [-0.39, 0.29) is 19.4 Å². The Balaban J connectivity index is 2.17. The largest absolute Gasteiger partial charge is 0.487 e. The minimum Gasteiger partial charge on any atom is -0.344 e. The van der Waals surface area contributed by atoms with Gasteiger partial charge in [0.1, 0.15) is 15.4 Å². The van der Waals surface area contributed by atoms with Crippen molar-refractivity contribution in [2.24, 2.45) is 5.73 Å². The monoisotopic (exact) mass is 428 g/mol. The highest BCUT2D eigenvalue weighted by Gasteiger charge is 2.65. The number of ketones is 1. The third-order valence-electron chi connectivity index (χ3n) is 4.01. The average Bonchev–Trinajstić information content (AvgIpc) is 3.03. The van der Waals surface area contributed by atoms with E-state index in [0.29, 0.717) is 6.42 Å². The number of carbonyl (C=O) groups excluding carboxylic acids is 1. The number of nitrogens with zero attached hydrogens (tertiary/aromatic N) is 2. The Bertz CT molecular complexity index is 633. The van der Waals surface area contributed by atoms with E-state index in [1.807, 2.05) is 0 Å². The van der Waals surface area contributed by atoms with Crippen LogP contribution in [0.4, 0.5) is 0 Å². The molecule has 12 nitrogen and oxygen atoms in total. The normalized spacial score (nSPS) is 19.8. The molecule has 0 bridgehead atoms. The lowest BCUT2D eigenvalue weighted by Crippen LogP contribution is -2.51. The van der Waals surface area contributed by atoms with Crippen molar-refractivity contribution < 1.29 is 44.0 Å². The lowest BCUT2D eigenvalue weighted by Gasteiger charge is -2.38. The SMILES string of the molecule is CC(O)(O)OPC(O)(Cn1ccnc1)[P+](O)(O)OOC1(C(=O)CN)CCC1. The van der Waals surface area contributed by atoms with Gasteiger partial charge in [-0.25, -0.2) is 4.98 Å². The first-order valence-electron chi connectivity index (χ1n) is 7.96. The average molecular weight is 428 g/mol. The molecule has 1 aliphatic carbocycles. The smallest absolute Gasteiger partial charge is 0.344 e. The summed E-state index contributed by atoms with van der Waals surface area (Å²) < 4.78 is 10.8. The Morgan fingerprint density at radius 2 is 2.07 bits per heavy atom. The van der Waals surface area contributed by atoms with Crippen LogP contribution >= 0.6 is 16.8 Å². The van der Waals surface area contributed by atoms with Crippen molar-refractivity contribution >= 4 is 22.5 Å². The standard InChI is InChI=1S/C13H24N3O9P2/c1-11(18,19)24-26-13(20,8-16-6-5-15-9-16)27(21,22)25-23-12(3-2-4-12)10(17)7-14/h5-6,9,18-22,26H,2-4,7-8,14H2,1H3/q+1. The lowest BCUT2D eigenvalue weighted by atomic mass is 9.77. The van der Waals surface area contributed by atoms with Crippen LogP contribution in [0, 0.1) is 0 Å². The fourth-order valence-corrected chi connectivity index (χ4v) is 4.32. The Morgan fingerprint density at radius 3 is 2.52 bits per heavy atom. The van der Waals surface area contributed by atoms with Crippen molar-refractivity contribution in [2.75, 3.05) is 6.54 Å². The molecular formula is C13H24N3O9P2+. The maximum Gasteiger partial charge on any atom is 0.487 e. The second kappa shape index (κ2) is 8.40. The van der Waals surface area contributed by atoms with Crippen molar-refractivity contribution in [3.05, 3.63) is 18.7 Å². The van der Waals surface area contributed by atoms with Gasteiger partial charge in [0.15, 0.2) is 11.4 Å². The van der Waals surface area contributed by atoms with E-state index < -0.39 is 45.7 Å². The van der Waals surface area contributed by atoms with Crippen LogP contribution in [-0.4, -0.2) is 63.6 Å². The summed E-state index contributed by atoms with van der Waals surface area (Å²) in [5.74, 6) is -3.10. The van der Waals surface area contributed by atoms with Crippen molar-refractivity contribution in [3.8, 4) is 0 Å². The van der Waals surface area contributed by atoms with Crippen LogP contribution in [-0.2, 0) is 25.4 Å². The number of rotatable bonds is 11. The number of aromatic nitrogens is 2. The number of imidazole rings is 1. The molecule has 1 aliphatic rings. The molecule has 1 aromatic heterocycles. The molecule has 1 saturated carbocycles. The highest BCUT2D eigenvalue weighted by molar-refractivity contribution is 7.70. The minimum atomic E-state index is -4.76. The maximum atomic E-state index is 12.0. The van der Waals surface area contributed by atoms with E-state index >= 15 is 0 Å². The van der Waals surface area contributed by atoms with Gasteiger partial charge in [0, 0.05) is 19.3 Å². The quantitative estimate of drug-likeness (QED) is 0.109. The van der Waals surface area contributed by atoms with E-state index in [2.05, 4.69) is 4.98 Å². The predicted octanol–water partition coefficient (Wildman–Crippen LogP) is -1.06. The summed E-state index contributed by atoms with van der Waals surface area (Å²) in [6, 6.07) is 0. The summed E-state index contributed by atoms with van der Waals surface area (Å²) in [5, 5.41) is 26.9. The molecular weight excluding hydrogens is 404 g/mol. The van der Waals surface area contributed by atoms with Gasteiger partial charge in [-0.1, -0.05) is 0 Å². The van der Waals surface area contributed by atoms with Gasteiger partial charge in [-0.05, 0) is 23.9 Å². The van der Waals surface area contributed by atoms with Gasteiger partial charge in [-0.15, -0.1) is 0 Å². The first-order valence-corrected chi connectivity index (χ1v) is 10.5. The molecule has 27 heavy (non-hydrogen) atoms. The Kier molecular flexibility index (Phi) is 7.05. The van der Waals surface area contributed by atoms with Crippen LogP contribution in [0.3, 0.4) is 0 Å². The molecule has 14 heteroatoms. The Morgan fingerprint density at radius 1 is 1.41 bits per heavy atom.